The highest BCUT2D eigenvalue weighted by molar-refractivity contribution is 7.17. The van der Waals surface area contributed by atoms with Crippen molar-refractivity contribution in [1.29, 1.82) is 0 Å². The average Bonchev–Trinajstić information content (AvgIpc) is 2.73. The summed E-state index contributed by atoms with van der Waals surface area (Å²) in [5.41, 5.74) is 0. The molecule has 0 bridgehead atoms. The molecule has 0 atom stereocenters. The summed E-state index contributed by atoms with van der Waals surface area (Å²) in [7, 11) is 1.81. The van der Waals surface area contributed by atoms with Crippen LogP contribution in [0.4, 0.5) is 5.00 Å². The summed E-state index contributed by atoms with van der Waals surface area (Å²) in [6.07, 6.45) is 6.87. The van der Waals surface area contributed by atoms with Crippen LogP contribution >= 0.6 is 11.3 Å². The number of thiophene rings is 1. The second kappa shape index (κ2) is 6.14. The minimum absolute atomic E-state index is 0.0256. The van der Waals surface area contributed by atoms with Crippen LogP contribution in [-0.4, -0.2) is 28.8 Å². The Morgan fingerprint density at radius 3 is 2.47 bits per heavy atom. The molecule has 1 saturated carbocycles. The third kappa shape index (κ3) is 3.32. The number of hydrogen-bond donors (Lipinski definition) is 0. The summed E-state index contributed by atoms with van der Waals surface area (Å²) in [4.78, 5) is 24.7. The maximum Gasteiger partial charge on any atom is 0.324 e. The van der Waals surface area contributed by atoms with Crippen LogP contribution in [0.1, 0.15) is 48.2 Å². The fraction of sp³-hybridized carbons (Fsp3) is 0.615. The van der Waals surface area contributed by atoms with E-state index in [0.29, 0.717) is 4.88 Å². The van der Waals surface area contributed by atoms with E-state index in [9.17, 15) is 14.9 Å². The lowest BCUT2D eigenvalue weighted by molar-refractivity contribution is -0.380. The first-order valence-electron chi connectivity index (χ1n) is 6.61. The Morgan fingerprint density at radius 2 is 1.95 bits per heavy atom. The van der Waals surface area contributed by atoms with Crippen LogP contribution in [0.5, 0.6) is 0 Å². The van der Waals surface area contributed by atoms with E-state index >= 15 is 0 Å². The van der Waals surface area contributed by atoms with E-state index in [4.69, 9.17) is 0 Å². The Labute approximate surface area is 116 Å². The summed E-state index contributed by atoms with van der Waals surface area (Å²) < 4.78 is 0. The molecule has 1 aliphatic rings. The maximum atomic E-state index is 12.3. The van der Waals surface area contributed by atoms with E-state index in [-0.39, 0.29) is 17.0 Å². The van der Waals surface area contributed by atoms with Crippen molar-refractivity contribution in [3.63, 3.8) is 0 Å². The Hall–Kier alpha value is -1.43. The van der Waals surface area contributed by atoms with Gasteiger partial charge < -0.3 is 4.90 Å². The van der Waals surface area contributed by atoms with Gasteiger partial charge in [-0.25, -0.2) is 0 Å². The maximum absolute atomic E-state index is 12.3. The first-order valence-corrected chi connectivity index (χ1v) is 7.42. The number of rotatable bonds is 3. The van der Waals surface area contributed by atoms with Crippen molar-refractivity contribution in [3.05, 3.63) is 27.1 Å². The lowest BCUT2D eigenvalue weighted by atomic mass is 10.1. The van der Waals surface area contributed by atoms with Gasteiger partial charge in [0, 0.05) is 19.2 Å². The number of nitrogens with zero attached hydrogens (tertiary/aromatic N) is 2. The molecule has 2 rings (SSSR count). The van der Waals surface area contributed by atoms with Gasteiger partial charge in [-0.05, 0) is 18.9 Å². The molecular formula is C13H18N2O3S. The summed E-state index contributed by atoms with van der Waals surface area (Å²) in [5, 5.41) is 10.7. The normalized spacial score (nSPS) is 16.9. The van der Waals surface area contributed by atoms with Gasteiger partial charge >= 0.3 is 5.00 Å². The minimum Gasteiger partial charge on any atom is -0.338 e. The zero-order valence-electron chi connectivity index (χ0n) is 11.0. The Bertz CT molecular complexity index is 464. The molecule has 1 aromatic rings. The summed E-state index contributed by atoms with van der Waals surface area (Å²) in [6.45, 7) is 0. The number of nitro groups is 1. The largest absolute Gasteiger partial charge is 0.338 e. The molecule has 0 aliphatic heterocycles. The second-order valence-corrected chi connectivity index (χ2v) is 6.02. The van der Waals surface area contributed by atoms with E-state index in [0.717, 1.165) is 37.0 Å². The molecule has 0 unspecified atom stereocenters. The van der Waals surface area contributed by atoms with Crippen molar-refractivity contribution < 1.29 is 9.72 Å². The third-order valence-corrected chi connectivity index (χ3v) is 4.70. The Balaban J connectivity index is 2.06. The van der Waals surface area contributed by atoms with Gasteiger partial charge in [0.05, 0.1) is 9.80 Å². The summed E-state index contributed by atoms with van der Waals surface area (Å²) >= 11 is 0.956. The van der Waals surface area contributed by atoms with Crippen molar-refractivity contribution in [2.24, 2.45) is 0 Å². The highest BCUT2D eigenvalue weighted by Crippen LogP contribution is 2.27. The van der Waals surface area contributed by atoms with Crippen LogP contribution in [0.3, 0.4) is 0 Å². The monoisotopic (exact) mass is 282 g/mol. The van der Waals surface area contributed by atoms with E-state index in [2.05, 4.69) is 0 Å². The number of carbonyl (C=O) groups is 1. The van der Waals surface area contributed by atoms with Crippen LogP contribution in [0.25, 0.3) is 0 Å². The van der Waals surface area contributed by atoms with Gasteiger partial charge in [-0.3, -0.25) is 14.9 Å². The number of amides is 1. The van der Waals surface area contributed by atoms with Crippen molar-refractivity contribution in [1.82, 2.24) is 4.90 Å². The zero-order valence-corrected chi connectivity index (χ0v) is 11.8. The quantitative estimate of drug-likeness (QED) is 0.484. The SMILES string of the molecule is CN(C(=O)c1ccc([N+](=O)[O-])s1)C1CCCCCC1. The summed E-state index contributed by atoms with van der Waals surface area (Å²) in [6, 6.07) is 3.23. The van der Waals surface area contributed by atoms with Crippen LogP contribution in [0.2, 0.25) is 0 Å². The zero-order chi connectivity index (χ0) is 13.8. The topological polar surface area (TPSA) is 63.5 Å². The standard InChI is InChI=1S/C13H18N2O3S/c1-14(10-6-4-2-3-5-7-10)13(16)11-8-9-12(19-11)15(17)18/h8-10H,2-7H2,1H3. The van der Waals surface area contributed by atoms with Crippen LogP contribution in [-0.2, 0) is 0 Å². The molecule has 1 heterocycles. The molecule has 0 aromatic carbocycles. The molecular weight excluding hydrogens is 264 g/mol. The smallest absolute Gasteiger partial charge is 0.324 e. The van der Waals surface area contributed by atoms with Crippen molar-refractivity contribution >= 4 is 22.2 Å². The molecule has 5 nitrogen and oxygen atoms in total. The molecule has 0 N–H and O–H groups in total. The Kier molecular flexibility index (Phi) is 4.52. The predicted octanol–water partition coefficient (Wildman–Crippen LogP) is 3.45. The van der Waals surface area contributed by atoms with Gasteiger partial charge in [0.2, 0.25) is 0 Å². The van der Waals surface area contributed by atoms with Crippen molar-refractivity contribution in [2.75, 3.05) is 7.05 Å². The molecule has 1 amide bonds. The molecule has 104 valence electrons. The average molecular weight is 282 g/mol. The van der Waals surface area contributed by atoms with Crippen LogP contribution < -0.4 is 0 Å². The first-order chi connectivity index (χ1) is 9.09. The molecule has 1 aromatic heterocycles. The van der Waals surface area contributed by atoms with Gasteiger partial charge in [0.1, 0.15) is 0 Å². The molecule has 0 spiro atoms. The second-order valence-electron chi connectivity index (χ2n) is 4.96. The van der Waals surface area contributed by atoms with E-state index in [1.54, 1.807) is 11.0 Å². The Morgan fingerprint density at radius 1 is 1.32 bits per heavy atom. The molecule has 1 fully saturated rings. The lowest BCUT2D eigenvalue weighted by Crippen LogP contribution is -2.36. The number of hydrogen-bond acceptors (Lipinski definition) is 4. The number of carbonyl (C=O) groups excluding carboxylic acids is 1. The minimum atomic E-state index is -0.451. The van der Waals surface area contributed by atoms with Gasteiger partial charge in [0.25, 0.3) is 5.91 Å². The predicted molar refractivity (Wildman–Crippen MR) is 74.6 cm³/mol. The highest BCUT2D eigenvalue weighted by atomic mass is 32.1. The van der Waals surface area contributed by atoms with Gasteiger partial charge in [-0.2, -0.15) is 0 Å². The summed E-state index contributed by atoms with van der Waals surface area (Å²) in [5.74, 6) is -0.0926. The molecule has 0 radical (unpaired) electrons. The van der Waals surface area contributed by atoms with Crippen molar-refractivity contribution in [3.8, 4) is 0 Å². The van der Waals surface area contributed by atoms with Gasteiger partial charge in [-0.1, -0.05) is 37.0 Å². The van der Waals surface area contributed by atoms with Gasteiger partial charge in [-0.15, -0.1) is 0 Å². The van der Waals surface area contributed by atoms with E-state index in [1.165, 1.54) is 18.9 Å². The van der Waals surface area contributed by atoms with Gasteiger partial charge in [0.15, 0.2) is 0 Å². The van der Waals surface area contributed by atoms with Crippen LogP contribution in [0.15, 0.2) is 12.1 Å². The fourth-order valence-corrected chi connectivity index (χ4v) is 3.33. The van der Waals surface area contributed by atoms with E-state index in [1.807, 2.05) is 7.05 Å². The first kappa shape index (κ1) is 14.0. The fourth-order valence-electron chi connectivity index (χ4n) is 2.53. The third-order valence-electron chi connectivity index (χ3n) is 3.68. The molecule has 6 heteroatoms. The van der Waals surface area contributed by atoms with Crippen LogP contribution in [0, 0.1) is 10.1 Å². The van der Waals surface area contributed by atoms with Crippen molar-refractivity contribution in [2.45, 2.75) is 44.6 Å². The molecule has 19 heavy (non-hydrogen) atoms. The molecule has 1 aliphatic carbocycles. The van der Waals surface area contributed by atoms with E-state index < -0.39 is 4.92 Å². The lowest BCUT2D eigenvalue weighted by Gasteiger charge is -2.26. The molecule has 0 saturated heterocycles. The highest BCUT2D eigenvalue weighted by Gasteiger charge is 2.24.